The molecule has 7 heteroatoms. The molecule has 0 spiro atoms. The summed E-state index contributed by atoms with van der Waals surface area (Å²) in [6.45, 7) is 1.99. The Hall–Kier alpha value is -3.48. The van der Waals surface area contributed by atoms with Crippen LogP contribution in [0.4, 0.5) is 14.5 Å². The quantitative estimate of drug-likeness (QED) is 0.476. The van der Waals surface area contributed by atoms with Crippen LogP contribution in [0.2, 0.25) is 0 Å². The SMILES string of the molecule is Oc1c(F)cc2nnn(-c3ccc(N4CCCC(Cc5ccccc5)CC4)cc3)c2c1F. The van der Waals surface area contributed by atoms with Crippen LogP contribution in [-0.4, -0.2) is 33.2 Å². The Bertz CT molecular complexity index is 1220. The van der Waals surface area contributed by atoms with Crippen LogP contribution in [0.25, 0.3) is 16.7 Å². The highest BCUT2D eigenvalue weighted by Crippen LogP contribution is 2.30. The number of benzene rings is 3. The van der Waals surface area contributed by atoms with Crippen molar-refractivity contribution in [2.24, 2.45) is 5.92 Å². The van der Waals surface area contributed by atoms with Gasteiger partial charge in [-0.1, -0.05) is 35.5 Å². The van der Waals surface area contributed by atoms with E-state index in [1.54, 1.807) is 0 Å². The van der Waals surface area contributed by atoms with Gasteiger partial charge in [0.05, 0.1) is 5.69 Å². The minimum Gasteiger partial charge on any atom is -0.503 e. The molecule has 0 bridgehead atoms. The second-order valence-electron chi connectivity index (χ2n) is 8.38. The molecule has 0 saturated carbocycles. The summed E-state index contributed by atoms with van der Waals surface area (Å²) in [7, 11) is 0. The van der Waals surface area contributed by atoms with Gasteiger partial charge in [0, 0.05) is 24.8 Å². The molecule has 164 valence electrons. The zero-order valence-electron chi connectivity index (χ0n) is 17.6. The van der Waals surface area contributed by atoms with Gasteiger partial charge in [0.2, 0.25) is 0 Å². The Morgan fingerprint density at radius 3 is 2.47 bits per heavy atom. The van der Waals surface area contributed by atoms with E-state index in [-0.39, 0.29) is 11.0 Å². The Morgan fingerprint density at radius 2 is 1.69 bits per heavy atom. The molecule has 3 aromatic carbocycles. The fourth-order valence-electron chi connectivity index (χ4n) is 4.56. The molecule has 1 saturated heterocycles. The molecule has 1 aromatic heterocycles. The summed E-state index contributed by atoms with van der Waals surface area (Å²) in [6.07, 6.45) is 4.61. The molecular weight excluding hydrogens is 410 g/mol. The molecule has 1 atom stereocenters. The van der Waals surface area contributed by atoms with Crippen molar-refractivity contribution in [3.05, 3.63) is 77.9 Å². The van der Waals surface area contributed by atoms with E-state index in [4.69, 9.17) is 0 Å². The van der Waals surface area contributed by atoms with Gasteiger partial charge >= 0.3 is 0 Å². The van der Waals surface area contributed by atoms with E-state index in [1.807, 2.05) is 24.3 Å². The number of phenolic OH excluding ortho intramolecular Hbond substituents is 1. The third-order valence-electron chi connectivity index (χ3n) is 6.28. The van der Waals surface area contributed by atoms with E-state index in [0.29, 0.717) is 11.6 Å². The summed E-state index contributed by atoms with van der Waals surface area (Å²) in [5.74, 6) is -2.46. The van der Waals surface area contributed by atoms with Crippen molar-refractivity contribution in [2.75, 3.05) is 18.0 Å². The van der Waals surface area contributed by atoms with Crippen LogP contribution in [0.1, 0.15) is 24.8 Å². The van der Waals surface area contributed by atoms with Gasteiger partial charge in [-0.2, -0.15) is 0 Å². The normalized spacial score (nSPS) is 16.9. The molecule has 1 unspecified atom stereocenters. The monoisotopic (exact) mass is 434 g/mol. The van der Waals surface area contributed by atoms with E-state index in [2.05, 4.69) is 45.5 Å². The van der Waals surface area contributed by atoms with Crippen LogP contribution < -0.4 is 4.90 Å². The fraction of sp³-hybridized carbons (Fsp3) is 0.280. The minimum absolute atomic E-state index is 0.0461. The van der Waals surface area contributed by atoms with Crippen LogP contribution in [0, 0.1) is 17.6 Å². The number of nitrogens with zero attached hydrogens (tertiary/aromatic N) is 4. The summed E-state index contributed by atoms with van der Waals surface area (Å²) >= 11 is 0. The van der Waals surface area contributed by atoms with Gasteiger partial charge in [0.1, 0.15) is 11.0 Å². The first kappa shape index (κ1) is 20.4. The van der Waals surface area contributed by atoms with Crippen LogP contribution in [0.15, 0.2) is 60.7 Å². The smallest absolute Gasteiger partial charge is 0.195 e. The maximum absolute atomic E-state index is 14.4. The van der Waals surface area contributed by atoms with Gasteiger partial charge in [-0.3, -0.25) is 0 Å². The fourth-order valence-corrected chi connectivity index (χ4v) is 4.56. The number of aromatic hydroxyl groups is 1. The first-order chi connectivity index (χ1) is 15.6. The van der Waals surface area contributed by atoms with Crippen molar-refractivity contribution >= 4 is 16.7 Å². The van der Waals surface area contributed by atoms with Crippen molar-refractivity contribution in [1.29, 1.82) is 0 Å². The van der Waals surface area contributed by atoms with Crippen LogP contribution in [0.3, 0.4) is 0 Å². The average molecular weight is 434 g/mol. The van der Waals surface area contributed by atoms with E-state index in [9.17, 15) is 13.9 Å². The number of anilines is 1. The lowest BCUT2D eigenvalue weighted by Crippen LogP contribution is -2.24. The molecule has 1 aliphatic heterocycles. The largest absolute Gasteiger partial charge is 0.503 e. The highest BCUT2D eigenvalue weighted by molar-refractivity contribution is 5.79. The summed E-state index contributed by atoms with van der Waals surface area (Å²) in [4.78, 5) is 2.38. The molecule has 0 amide bonds. The first-order valence-electron chi connectivity index (χ1n) is 10.9. The third kappa shape index (κ3) is 3.90. The summed E-state index contributed by atoms with van der Waals surface area (Å²) in [6, 6.07) is 19.3. The number of aromatic nitrogens is 3. The van der Waals surface area contributed by atoms with E-state index >= 15 is 0 Å². The van der Waals surface area contributed by atoms with Gasteiger partial charge in [-0.15, -0.1) is 5.10 Å². The van der Waals surface area contributed by atoms with E-state index < -0.39 is 17.4 Å². The lowest BCUT2D eigenvalue weighted by Gasteiger charge is -2.23. The van der Waals surface area contributed by atoms with Gasteiger partial charge in [0.25, 0.3) is 0 Å². The maximum Gasteiger partial charge on any atom is 0.195 e. The zero-order chi connectivity index (χ0) is 22.1. The molecule has 4 aromatic rings. The number of rotatable bonds is 4. The molecule has 2 heterocycles. The van der Waals surface area contributed by atoms with Gasteiger partial charge in [-0.05, 0) is 61.4 Å². The van der Waals surface area contributed by atoms with Gasteiger partial charge in [-0.25, -0.2) is 13.5 Å². The molecule has 1 aliphatic rings. The lowest BCUT2D eigenvalue weighted by atomic mass is 9.93. The first-order valence-corrected chi connectivity index (χ1v) is 10.9. The van der Waals surface area contributed by atoms with Gasteiger partial charge in [0.15, 0.2) is 17.4 Å². The van der Waals surface area contributed by atoms with E-state index in [0.717, 1.165) is 44.1 Å². The predicted octanol–water partition coefficient (Wildman–Crippen LogP) is 5.25. The number of phenols is 1. The van der Waals surface area contributed by atoms with Crippen molar-refractivity contribution in [3.63, 3.8) is 0 Å². The Morgan fingerprint density at radius 1 is 0.938 bits per heavy atom. The van der Waals surface area contributed by atoms with Crippen molar-refractivity contribution < 1.29 is 13.9 Å². The second kappa shape index (κ2) is 8.57. The standard InChI is InChI=1S/C25H24F2N4O/c26-21-16-22-24(23(27)25(21)32)31(29-28-22)20-10-8-19(9-11-20)30-13-4-7-18(12-14-30)15-17-5-2-1-3-6-17/h1-3,5-6,8-11,16,18,32H,4,7,12-15H2. The second-order valence-corrected chi connectivity index (χ2v) is 8.38. The molecule has 0 aliphatic carbocycles. The topological polar surface area (TPSA) is 54.2 Å². The average Bonchev–Trinajstić information content (AvgIpc) is 3.10. The molecule has 5 nitrogen and oxygen atoms in total. The van der Waals surface area contributed by atoms with Gasteiger partial charge < -0.3 is 10.0 Å². The Labute approximate surface area is 184 Å². The van der Waals surface area contributed by atoms with Crippen LogP contribution in [0.5, 0.6) is 5.75 Å². The summed E-state index contributed by atoms with van der Waals surface area (Å²) in [5.41, 5.74) is 3.10. The highest BCUT2D eigenvalue weighted by atomic mass is 19.1. The number of hydrogen-bond donors (Lipinski definition) is 1. The highest BCUT2D eigenvalue weighted by Gasteiger charge is 2.20. The van der Waals surface area contributed by atoms with Crippen LogP contribution in [-0.2, 0) is 6.42 Å². The Kier molecular flexibility index (Phi) is 5.47. The molecule has 0 radical (unpaired) electrons. The zero-order valence-corrected chi connectivity index (χ0v) is 17.6. The molecule has 32 heavy (non-hydrogen) atoms. The lowest BCUT2D eigenvalue weighted by molar-refractivity contribution is 0.399. The molecule has 1 N–H and O–H groups in total. The number of hydrogen-bond acceptors (Lipinski definition) is 4. The van der Waals surface area contributed by atoms with Crippen molar-refractivity contribution in [1.82, 2.24) is 15.0 Å². The molecule has 5 rings (SSSR count). The van der Waals surface area contributed by atoms with E-state index in [1.165, 1.54) is 16.7 Å². The van der Waals surface area contributed by atoms with Crippen molar-refractivity contribution in [2.45, 2.75) is 25.7 Å². The van der Waals surface area contributed by atoms with Crippen molar-refractivity contribution in [3.8, 4) is 11.4 Å². The molecular formula is C25H24F2N4O. The molecule has 1 fully saturated rings. The summed E-state index contributed by atoms with van der Waals surface area (Å²) < 4.78 is 29.3. The number of fused-ring (bicyclic) bond motifs is 1. The maximum atomic E-state index is 14.4. The Balaban J connectivity index is 1.32. The minimum atomic E-state index is -1.06. The third-order valence-corrected chi connectivity index (χ3v) is 6.28. The van der Waals surface area contributed by atoms with Crippen LogP contribution >= 0.6 is 0 Å². The number of halogens is 2. The predicted molar refractivity (Wildman–Crippen MR) is 120 cm³/mol. The summed E-state index contributed by atoms with van der Waals surface area (Å²) in [5, 5.41) is 17.4.